The number of aromatic nitrogens is 1. The number of nitrogens with zero attached hydrogens (tertiary/aromatic N) is 2. The summed E-state index contributed by atoms with van der Waals surface area (Å²) in [6, 6.07) is 4.08. The average Bonchev–Trinajstić information content (AvgIpc) is 2.89. The summed E-state index contributed by atoms with van der Waals surface area (Å²) in [4.78, 5) is 6.64. The van der Waals surface area contributed by atoms with Gasteiger partial charge in [-0.1, -0.05) is 0 Å². The van der Waals surface area contributed by atoms with Crippen molar-refractivity contribution in [2.75, 3.05) is 24.6 Å². The number of ether oxygens (including phenoxy) is 1. The van der Waals surface area contributed by atoms with Gasteiger partial charge in [-0.15, -0.1) is 0 Å². The van der Waals surface area contributed by atoms with Gasteiger partial charge in [0.2, 0.25) is 0 Å². The van der Waals surface area contributed by atoms with Gasteiger partial charge in [-0.05, 0) is 31.9 Å². The second-order valence-corrected chi connectivity index (χ2v) is 4.39. The van der Waals surface area contributed by atoms with Crippen LogP contribution in [0.2, 0.25) is 0 Å². The molecular formula is C13H21N3O. The van der Waals surface area contributed by atoms with Gasteiger partial charge in [-0.3, -0.25) is 4.98 Å². The standard InChI is InChI=1S/C13H21N3O/c1-2-16(10-13-4-3-7-17-13)12-6-5-11(8-14)15-9-12/h5-6,9,13H,2-4,7-8,10,14H2,1H3. The molecule has 4 nitrogen and oxygen atoms in total. The number of hydrogen-bond acceptors (Lipinski definition) is 4. The summed E-state index contributed by atoms with van der Waals surface area (Å²) >= 11 is 0. The van der Waals surface area contributed by atoms with Crippen LogP contribution in [0.15, 0.2) is 18.3 Å². The number of likely N-dealkylation sites (N-methyl/N-ethyl adjacent to an activating group) is 1. The van der Waals surface area contributed by atoms with Gasteiger partial charge < -0.3 is 15.4 Å². The first-order valence-electron chi connectivity index (χ1n) is 6.35. The zero-order valence-corrected chi connectivity index (χ0v) is 10.4. The normalized spacial score (nSPS) is 19.5. The molecule has 1 atom stereocenters. The van der Waals surface area contributed by atoms with Crippen LogP contribution in [0.25, 0.3) is 0 Å². The van der Waals surface area contributed by atoms with E-state index < -0.39 is 0 Å². The minimum Gasteiger partial charge on any atom is -0.376 e. The van der Waals surface area contributed by atoms with Gasteiger partial charge in [0.25, 0.3) is 0 Å². The van der Waals surface area contributed by atoms with E-state index in [1.807, 2.05) is 12.3 Å². The monoisotopic (exact) mass is 235 g/mol. The van der Waals surface area contributed by atoms with E-state index in [0.29, 0.717) is 12.6 Å². The Hall–Kier alpha value is -1.13. The smallest absolute Gasteiger partial charge is 0.0750 e. The topological polar surface area (TPSA) is 51.4 Å². The molecule has 2 N–H and O–H groups in total. The fourth-order valence-electron chi connectivity index (χ4n) is 2.18. The Bertz CT molecular complexity index is 333. The molecule has 1 unspecified atom stereocenters. The van der Waals surface area contributed by atoms with Crippen LogP contribution < -0.4 is 10.6 Å². The molecule has 17 heavy (non-hydrogen) atoms. The molecule has 1 aliphatic heterocycles. The molecule has 1 aliphatic rings. The van der Waals surface area contributed by atoms with Gasteiger partial charge in [0.15, 0.2) is 0 Å². The van der Waals surface area contributed by atoms with E-state index in [-0.39, 0.29) is 0 Å². The molecule has 0 amide bonds. The summed E-state index contributed by atoms with van der Waals surface area (Å²) in [6.45, 7) is 5.50. The molecule has 1 aromatic rings. The molecule has 94 valence electrons. The highest BCUT2D eigenvalue weighted by atomic mass is 16.5. The maximum absolute atomic E-state index is 5.67. The van der Waals surface area contributed by atoms with E-state index >= 15 is 0 Å². The van der Waals surface area contributed by atoms with E-state index in [2.05, 4.69) is 22.9 Å². The van der Waals surface area contributed by atoms with Crippen LogP contribution in [-0.4, -0.2) is 30.8 Å². The lowest BCUT2D eigenvalue weighted by atomic mass is 10.2. The molecular weight excluding hydrogens is 214 g/mol. The molecule has 2 heterocycles. The minimum absolute atomic E-state index is 0.379. The molecule has 0 saturated carbocycles. The van der Waals surface area contributed by atoms with Crippen molar-refractivity contribution in [2.24, 2.45) is 5.73 Å². The maximum Gasteiger partial charge on any atom is 0.0750 e. The largest absolute Gasteiger partial charge is 0.376 e. The summed E-state index contributed by atoms with van der Waals surface area (Å²) in [5.41, 5.74) is 7.63. The predicted molar refractivity (Wildman–Crippen MR) is 69.0 cm³/mol. The van der Waals surface area contributed by atoms with Crippen molar-refractivity contribution >= 4 is 5.69 Å². The lowest BCUT2D eigenvalue weighted by Crippen LogP contribution is -2.32. The van der Waals surface area contributed by atoms with Crippen LogP contribution in [0.1, 0.15) is 25.5 Å². The molecule has 1 saturated heterocycles. The molecule has 0 bridgehead atoms. The Morgan fingerprint density at radius 3 is 2.94 bits per heavy atom. The first kappa shape index (κ1) is 12.3. The van der Waals surface area contributed by atoms with Gasteiger partial charge in [0.1, 0.15) is 0 Å². The molecule has 4 heteroatoms. The maximum atomic E-state index is 5.67. The van der Waals surface area contributed by atoms with Crippen LogP contribution in [0.3, 0.4) is 0 Å². The van der Waals surface area contributed by atoms with Gasteiger partial charge >= 0.3 is 0 Å². The Labute approximate surface area is 103 Å². The van der Waals surface area contributed by atoms with E-state index in [0.717, 1.165) is 31.1 Å². The SMILES string of the molecule is CCN(CC1CCCO1)c1ccc(CN)nc1. The summed E-state index contributed by atoms with van der Waals surface area (Å²) in [6.07, 6.45) is 4.64. The summed E-state index contributed by atoms with van der Waals surface area (Å²) in [7, 11) is 0. The quantitative estimate of drug-likeness (QED) is 0.841. The second kappa shape index (κ2) is 5.98. The molecule has 0 aromatic carbocycles. The lowest BCUT2D eigenvalue weighted by Gasteiger charge is -2.25. The Kier molecular flexibility index (Phi) is 4.34. The van der Waals surface area contributed by atoms with E-state index in [1.165, 1.54) is 12.8 Å². The summed E-state index contributed by atoms with van der Waals surface area (Å²) in [5, 5.41) is 0. The molecule has 0 aliphatic carbocycles. The number of rotatable bonds is 5. The lowest BCUT2D eigenvalue weighted by molar-refractivity contribution is 0.115. The first-order chi connectivity index (χ1) is 8.33. The van der Waals surface area contributed by atoms with Crippen molar-refractivity contribution in [3.8, 4) is 0 Å². The highest BCUT2D eigenvalue weighted by molar-refractivity contribution is 5.44. The minimum atomic E-state index is 0.379. The number of hydrogen-bond donors (Lipinski definition) is 1. The van der Waals surface area contributed by atoms with Gasteiger partial charge in [0, 0.05) is 26.2 Å². The third-order valence-corrected chi connectivity index (χ3v) is 3.21. The predicted octanol–water partition coefficient (Wildman–Crippen LogP) is 1.55. The van der Waals surface area contributed by atoms with Crippen molar-refractivity contribution in [1.82, 2.24) is 4.98 Å². The van der Waals surface area contributed by atoms with E-state index in [9.17, 15) is 0 Å². The van der Waals surface area contributed by atoms with Gasteiger partial charge in [-0.2, -0.15) is 0 Å². The number of pyridine rings is 1. The summed E-state index contributed by atoms with van der Waals surface area (Å²) in [5.74, 6) is 0. The fourth-order valence-corrected chi connectivity index (χ4v) is 2.18. The van der Waals surface area contributed by atoms with Crippen LogP contribution >= 0.6 is 0 Å². The van der Waals surface area contributed by atoms with Crippen molar-refractivity contribution in [2.45, 2.75) is 32.4 Å². The third kappa shape index (κ3) is 3.17. The molecule has 1 fully saturated rings. The van der Waals surface area contributed by atoms with Gasteiger partial charge in [0.05, 0.1) is 23.7 Å². The molecule has 1 aromatic heterocycles. The second-order valence-electron chi connectivity index (χ2n) is 4.39. The third-order valence-electron chi connectivity index (χ3n) is 3.21. The first-order valence-corrected chi connectivity index (χ1v) is 6.35. The van der Waals surface area contributed by atoms with Gasteiger partial charge in [-0.25, -0.2) is 0 Å². The van der Waals surface area contributed by atoms with Crippen LogP contribution in [0, 0.1) is 0 Å². The number of anilines is 1. The van der Waals surface area contributed by atoms with E-state index in [1.54, 1.807) is 0 Å². The average molecular weight is 235 g/mol. The van der Waals surface area contributed by atoms with Crippen LogP contribution in [0.5, 0.6) is 0 Å². The van der Waals surface area contributed by atoms with E-state index in [4.69, 9.17) is 10.5 Å². The highest BCUT2D eigenvalue weighted by Crippen LogP contribution is 2.18. The molecule has 0 spiro atoms. The van der Waals surface area contributed by atoms with Crippen LogP contribution in [-0.2, 0) is 11.3 Å². The Balaban J connectivity index is 2.00. The van der Waals surface area contributed by atoms with Crippen molar-refractivity contribution in [1.29, 1.82) is 0 Å². The van der Waals surface area contributed by atoms with Crippen molar-refractivity contribution in [3.63, 3.8) is 0 Å². The molecule has 0 radical (unpaired) electrons. The zero-order chi connectivity index (χ0) is 12.1. The summed E-state index contributed by atoms with van der Waals surface area (Å²) < 4.78 is 5.67. The van der Waals surface area contributed by atoms with Crippen LogP contribution in [0.4, 0.5) is 5.69 Å². The molecule has 2 rings (SSSR count). The Morgan fingerprint density at radius 1 is 1.53 bits per heavy atom. The number of nitrogens with two attached hydrogens (primary N) is 1. The highest BCUT2D eigenvalue weighted by Gasteiger charge is 2.18. The zero-order valence-electron chi connectivity index (χ0n) is 10.4. The Morgan fingerprint density at radius 2 is 2.41 bits per heavy atom. The van der Waals surface area contributed by atoms with Crippen molar-refractivity contribution < 1.29 is 4.74 Å². The fraction of sp³-hybridized carbons (Fsp3) is 0.615. The van der Waals surface area contributed by atoms with Crippen molar-refractivity contribution in [3.05, 3.63) is 24.0 Å².